The summed E-state index contributed by atoms with van der Waals surface area (Å²) in [6.07, 6.45) is 1.33. The van der Waals surface area contributed by atoms with Crippen LogP contribution in [0.5, 0.6) is 5.75 Å². The first-order valence-electron chi connectivity index (χ1n) is 7.79. The molecule has 26 heavy (non-hydrogen) atoms. The third-order valence-corrected chi connectivity index (χ3v) is 4.95. The summed E-state index contributed by atoms with van der Waals surface area (Å²) < 4.78 is 47.6. The second-order valence-corrected chi connectivity index (χ2v) is 6.82. The van der Waals surface area contributed by atoms with Gasteiger partial charge in [-0.2, -0.15) is 0 Å². The predicted molar refractivity (Wildman–Crippen MR) is 95.9 cm³/mol. The van der Waals surface area contributed by atoms with E-state index in [1.54, 1.807) is 23.1 Å². The summed E-state index contributed by atoms with van der Waals surface area (Å²) in [5.74, 6) is -2.80. The van der Waals surface area contributed by atoms with E-state index in [4.69, 9.17) is 4.74 Å². The molecule has 2 aromatic rings. The van der Waals surface area contributed by atoms with Gasteiger partial charge < -0.3 is 9.64 Å². The number of rotatable bonds is 3. The molecule has 0 aliphatic carbocycles. The van der Waals surface area contributed by atoms with Crippen molar-refractivity contribution in [2.75, 3.05) is 12.0 Å². The molecule has 1 atom stereocenters. The van der Waals surface area contributed by atoms with Gasteiger partial charge in [-0.25, -0.2) is 13.2 Å². The summed E-state index contributed by atoms with van der Waals surface area (Å²) >= 11 is 3.19. The largest absolute Gasteiger partial charge is 0.497 e. The van der Waals surface area contributed by atoms with Gasteiger partial charge in [0.05, 0.1) is 17.6 Å². The van der Waals surface area contributed by atoms with Gasteiger partial charge in [-0.15, -0.1) is 0 Å². The molecule has 3 nitrogen and oxygen atoms in total. The van der Waals surface area contributed by atoms with Gasteiger partial charge in [0.25, 0.3) is 0 Å². The minimum absolute atomic E-state index is 0.160. The number of benzene rings is 2. The van der Waals surface area contributed by atoms with E-state index in [1.165, 1.54) is 13.3 Å². The van der Waals surface area contributed by atoms with E-state index in [9.17, 15) is 18.0 Å². The number of ether oxygens (including phenoxy) is 1. The topological polar surface area (TPSA) is 29.5 Å². The predicted octanol–water partition coefficient (Wildman–Crippen LogP) is 5.18. The third kappa shape index (κ3) is 3.35. The molecule has 0 saturated heterocycles. The van der Waals surface area contributed by atoms with Crippen molar-refractivity contribution < 1.29 is 22.7 Å². The summed E-state index contributed by atoms with van der Waals surface area (Å²) in [7, 11) is 1.51. The van der Waals surface area contributed by atoms with Crippen LogP contribution < -0.4 is 9.64 Å². The number of hydrogen-bond acceptors (Lipinski definition) is 3. The van der Waals surface area contributed by atoms with Crippen molar-refractivity contribution >= 4 is 27.4 Å². The highest BCUT2D eigenvalue weighted by Crippen LogP contribution is 2.40. The van der Waals surface area contributed by atoms with Crippen LogP contribution in [0, 0.1) is 24.4 Å². The fraction of sp³-hybridized carbons (Fsp3) is 0.211. The first-order chi connectivity index (χ1) is 12.3. The van der Waals surface area contributed by atoms with Gasteiger partial charge in [-0.05, 0) is 34.5 Å². The average molecular weight is 426 g/mol. The smallest absolute Gasteiger partial charge is 0.173 e. The maximum absolute atomic E-state index is 14.4. The molecule has 1 unspecified atom stereocenters. The van der Waals surface area contributed by atoms with Crippen molar-refractivity contribution in [3.63, 3.8) is 0 Å². The van der Waals surface area contributed by atoms with Gasteiger partial charge in [0.2, 0.25) is 0 Å². The summed E-state index contributed by atoms with van der Waals surface area (Å²) in [4.78, 5) is 13.8. The Morgan fingerprint density at radius 3 is 2.42 bits per heavy atom. The number of halogens is 4. The number of methoxy groups -OCH3 is 1. The number of nitrogens with zero attached hydrogens (tertiary/aromatic N) is 1. The molecule has 1 aliphatic rings. The van der Waals surface area contributed by atoms with Crippen LogP contribution in [-0.2, 0) is 4.79 Å². The number of ketones is 1. The van der Waals surface area contributed by atoms with Crippen LogP contribution in [0.4, 0.5) is 18.9 Å². The lowest BCUT2D eigenvalue weighted by atomic mass is 9.94. The minimum atomic E-state index is -1.03. The van der Waals surface area contributed by atoms with E-state index in [2.05, 4.69) is 15.9 Å². The zero-order valence-corrected chi connectivity index (χ0v) is 15.6. The van der Waals surface area contributed by atoms with E-state index in [0.29, 0.717) is 28.1 Å². The molecule has 7 heteroatoms. The Morgan fingerprint density at radius 1 is 1.15 bits per heavy atom. The lowest BCUT2D eigenvalue weighted by molar-refractivity contribution is -0.115. The zero-order chi connectivity index (χ0) is 19.0. The molecule has 2 aromatic carbocycles. The summed E-state index contributed by atoms with van der Waals surface area (Å²) in [6, 6.07) is 5.57. The number of allylic oxidation sites excluding steroid dienone is 1. The van der Waals surface area contributed by atoms with Gasteiger partial charge in [0.15, 0.2) is 5.78 Å². The van der Waals surface area contributed by atoms with Crippen LogP contribution in [0.3, 0.4) is 0 Å². The Hall–Kier alpha value is -2.28. The van der Waals surface area contributed by atoms with E-state index < -0.39 is 23.5 Å². The summed E-state index contributed by atoms with van der Waals surface area (Å²) in [5, 5.41) is 0. The van der Waals surface area contributed by atoms with E-state index >= 15 is 0 Å². The van der Waals surface area contributed by atoms with Crippen LogP contribution in [0.15, 0.2) is 41.0 Å². The maximum atomic E-state index is 14.4. The number of hydrogen-bond donors (Lipinski definition) is 0. The normalized spacial score (nSPS) is 17.3. The van der Waals surface area contributed by atoms with Gasteiger partial charge in [0, 0.05) is 42.1 Å². The number of aryl methyl sites for hydroxylation is 1. The standard InChI is InChI=1S/C19H15BrF3NO2/c1-10-3-4-12(26-2)7-16(10)24-9-13(20)18(25)8-17(24)19-14(22)5-11(21)6-15(19)23/h3-7,9,17H,8H2,1-2H3. The molecule has 0 spiro atoms. The zero-order valence-electron chi connectivity index (χ0n) is 14.0. The van der Waals surface area contributed by atoms with Crippen molar-refractivity contribution in [3.05, 3.63) is 69.6 Å². The molecule has 0 radical (unpaired) electrons. The monoisotopic (exact) mass is 425 g/mol. The fourth-order valence-electron chi connectivity index (χ4n) is 3.00. The molecular weight excluding hydrogens is 411 g/mol. The Labute approximate surface area is 157 Å². The number of carbonyl (C=O) groups excluding carboxylic acids is 1. The van der Waals surface area contributed by atoms with E-state index in [-0.39, 0.29) is 17.8 Å². The average Bonchev–Trinajstić information content (AvgIpc) is 2.57. The van der Waals surface area contributed by atoms with Crippen molar-refractivity contribution in [3.8, 4) is 5.75 Å². The first-order valence-corrected chi connectivity index (χ1v) is 8.59. The molecule has 0 fully saturated rings. The van der Waals surface area contributed by atoms with Gasteiger partial charge in [-0.3, -0.25) is 4.79 Å². The fourth-order valence-corrected chi connectivity index (χ4v) is 3.38. The number of anilines is 1. The molecule has 0 bridgehead atoms. The van der Waals surface area contributed by atoms with Crippen LogP contribution >= 0.6 is 15.9 Å². The molecule has 0 saturated carbocycles. The van der Waals surface area contributed by atoms with Crippen molar-refractivity contribution in [1.29, 1.82) is 0 Å². The molecule has 1 aliphatic heterocycles. The minimum Gasteiger partial charge on any atom is -0.497 e. The Kier molecular flexibility index (Phi) is 5.09. The lowest BCUT2D eigenvalue weighted by Crippen LogP contribution is -2.32. The Bertz CT molecular complexity index is 891. The highest BCUT2D eigenvalue weighted by molar-refractivity contribution is 9.12. The van der Waals surface area contributed by atoms with Crippen LogP contribution in [0.1, 0.15) is 23.6 Å². The Morgan fingerprint density at radius 2 is 1.81 bits per heavy atom. The third-order valence-electron chi connectivity index (χ3n) is 4.30. The summed E-state index contributed by atoms with van der Waals surface area (Å²) in [6.45, 7) is 1.83. The lowest BCUT2D eigenvalue weighted by Gasteiger charge is -2.35. The second kappa shape index (κ2) is 7.15. The molecular formula is C19H15BrF3NO2. The van der Waals surface area contributed by atoms with Crippen molar-refractivity contribution in [2.24, 2.45) is 0 Å². The molecule has 1 heterocycles. The van der Waals surface area contributed by atoms with Gasteiger partial charge in [-0.1, -0.05) is 6.07 Å². The molecule has 0 aromatic heterocycles. The van der Waals surface area contributed by atoms with Crippen LogP contribution in [0.2, 0.25) is 0 Å². The quantitative estimate of drug-likeness (QED) is 0.678. The number of carbonyl (C=O) groups is 1. The van der Waals surface area contributed by atoms with Crippen LogP contribution in [0.25, 0.3) is 0 Å². The molecule has 0 amide bonds. The SMILES string of the molecule is COc1ccc(C)c(N2C=C(Br)C(=O)CC2c2c(F)cc(F)cc2F)c1. The molecule has 0 N–H and O–H groups in total. The molecule has 136 valence electrons. The molecule has 3 rings (SSSR count). The van der Waals surface area contributed by atoms with E-state index in [1.807, 2.05) is 6.92 Å². The van der Waals surface area contributed by atoms with E-state index in [0.717, 1.165) is 5.56 Å². The van der Waals surface area contributed by atoms with Crippen LogP contribution in [-0.4, -0.2) is 12.9 Å². The maximum Gasteiger partial charge on any atom is 0.173 e. The summed E-state index contributed by atoms with van der Waals surface area (Å²) in [5.41, 5.74) is 1.10. The van der Waals surface area contributed by atoms with Gasteiger partial charge >= 0.3 is 0 Å². The first kappa shape index (κ1) is 18.5. The van der Waals surface area contributed by atoms with Crippen molar-refractivity contribution in [1.82, 2.24) is 0 Å². The highest BCUT2D eigenvalue weighted by Gasteiger charge is 2.33. The second-order valence-electron chi connectivity index (χ2n) is 5.96. The van der Waals surface area contributed by atoms with Gasteiger partial charge in [0.1, 0.15) is 23.2 Å². The number of Topliss-reactive ketones (excluding diaryl/α,β-unsaturated/α-hetero) is 1. The Balaban J connectivity index is 2.19. The van der Waals surface area contributed by atoms with Crippen molar-refractivity contribution in [2.45, 2.75) is 19.4 Å². The highest BCUT2D eigenvalue weighted by atomic mass is 79.9.